The highest BCUT2D eigenvalue weighted by Crippen LogP contribution is 2.50. The number of carbonyl (C=O) groups excluding carboxylic acids is 8. The van der Waals surface area contributed by atoms with Gasteiger partial charge in [-0.05, 0) is 105 Å². The molecule has 0 aliphatic carbocycles. The number of esters is 1. The van der Waals surface area contributed by atoms with Crippen molar-refractivity contribution in [2.45, 2.75) is 167 Å². The van der Waals surface area contributed by atoms with Gasteiger partial charge in [0, 0.05) is 74.4 Å². The van der Waals surface area contributed by atoms with Gasteiger partial charge in [0.1, 0.15) is 40.3 Å². The maximum atomic E-state index is 14.5. The molecule has 1 unspecified atom stereocenters. The number of nitrogens with one attached hydrogen (secondary N) is 3. The number of fused-ring (bicyclic) bond motifs is 5. The van der Waals surface area contributed by atoms with E-state index in [4.69, 9.17) is 53.2 Å². The van der Waals surface area contributed by atoms with Crippen molar-refractivity contribution in [2.24, 2.45) is 29.4 Å². The van der Waals surface area contributed by atoms with Crippen LogP contribution >= 0.6 is 39.7 Å². The summed E-state index contributed by atoms with van der Waals surface area (Å²) in [5.74, 6) is -3.22. The first-order valence-electron chi connectivity index (χ1n) is 28.3. The lowest BCUT2D eigenvalue weighted by Crippen LogP contribution is -2.53. The number of halogens is 2. The molecule has 2 aromatic carbocycles. The van der Waals surface area contributed by atoms with Gasteiger partial charge in [-0.2, -0.15) is 0 Å². The highest BCUT2D eigenvalue weighted by Gasteiger charge is 2.64. The number of imide groups is 1. The number of aliphatic hydroxyl groups is 1. The van der Waals surface area contributed by atoms with E-state index in [-0.39, 0.29) is 91.1 Å². The van der Waals surface area contributed by atoms with E-state index in [1.807, 2.05) is 26.8 Å². The van der Waals surface area contributed by atoms with E-state index in [0.717, 1.165) is 24.0 Å². The summed E-state index contributed by atoms with van der Waals surface area (Å²) in [7, 11) is 4.48. The van der Waals surface area contributed by atoms with Crippen molar-refractivity contribution < 1.29 is 67.1 Å². The number of allylic oxidation sites excluding steroid dienone is 3. The van der Waals surface area contributed by atoms with Crippen LogP contribution in [0.3, 0.4) is 0 Å². The third kappa shape index (κ3) is 17.4. The molecule has 0 saturated carbocycles. The highest BCUT2D eigenvalue weighted by molar-refractivity contribution is 9.10. The second-order valence-corrected chi connectivity index (χ2v) is 24.8. The molecule has 10 atom stereocenters. The minimum atomic E-state index is -1.64. The number of primary amides is 1. The summed E-state index contributed by atoms with van der Waals surface area (Å²) in [4.78, 5) is 109. The molecule has 4 aliphatic heterocycles. The number of hydrogen-bond donors (Lipinski definition) is 5. The zero-order chi connectivity index (χ0) is 61.1. The minimum Gasteiger partial charge on any atom is -0.495 e. The van der Waals surface area contributed by atoms with Gasteiger partial charge in [0.15, 0.2) is 5.78 Å². The molecule has 0 radical (unpaired) electrons. The monoisotopic (exact) mass is 1250 g/mol. The van der Waals surface area contributed by atoms with Crippen molar-refractivity contribution in [1.82, 2.24) is 15.5 Å². The number of epoxide rings is 1. The molecule has 4 heterocycles. The van der Waals surface area contributed by atoms with Crippen molar-refractivity contribution >= 4 is 103 Å². The number of ketones is 1. The van der Waals surface area contributed by atoms with Gasteiger partial charge >= 0.3 is 18.1 Å². The molecule has 6 rings (SSSR count). The van der Waals surface area contributed by atoms with E-state index in [2.05, 4.69) is 31.9 Å². The summed E-state index contributed by atoms with van der Waals surface area (Å²) >= 11 is 16.2. The Labute approximate surface area is 504 Å². The Morgan fingerprint density at radius 1 is 1.02 bits per heavy atom. The number of urea groups is 1. The number of ether oxygens (including phenoxy) is 5. The Hall–Kier alpha value is -5.78. The summed E-state index contributed by atoms with van der Waals surface area (Å²) < 4.78 is 30.1. The predicted molar refractivity (Wildman–Crippen MR) is 320 cm³/mol. The number of hydrogen-bond acceptors (Lipinski definition) is 15. The summed E-state index contributed by atoms with van der Waals surface area (Å²) in [6.07, 6.45) is 4.12. The largest absolute Gasteiger partial charge is 0.495 e. The molecule has 4 aliphatic rings. The van der Waals surface area contributed by atoms with Crippen LogP contribution in [0.25, 0.3) is 0 Å². The van der Waals surface area contributed by atoms with Gasteiger partial charge in [0.2, 0.25) is 23.6 Å². The maximum Gasteiger partial charge on any atom is 0.412 e. The van der Waals surface area contributed by atoms with Crippen LogP contribution in [0.2, 0.25) is 5.02 Å². The number of amides is 7. The number of Topliss-reactive ketones (excluding diaryl/α,β-unsaturated/α-hetero) is 1. The Bertz CT molecular complexity index is 2850. The lowest BCUT2D eigenvalue weighted by atomic mass is 9.78. The molecule has 3 fully saturated rings. The van der Waals surface area contributed by atoms with Crippen molar-refractivity contribution in [1.29, 1.82) is 0 Å². The topological polar surface area (TPSA) is 275 Å². The fourth-order valence-corrected chi connectivity index (χ4v) is 12.3. The average molecular weight is 1260 g/mol. The van der Waals surface area contributed by atoms with Gasteiger partial charge < -0.3 is 50.1 Å². The number of nitrogens with zero attached hydrogens (tertiary/aromatic N) is 2. The molecule has 7 amide bonds. The van der Waals surface area contributed by atoms with Gasteiger partial charge in [0.05, 0.1) is 37.8 Å². The lowest BCUT2D eigenvalue weighted by molar-refractivity contribution is -0.187. The summed E-state index contributed by atoms with van der Waals surface area (Å²) in [6.45, 7) is 11.5. The number of benzene rings is 2. The fourth-order valence-electron chi connectivity index (χ4n) is 11.2. The quantitative estimate of drug-likeness (QED) is 0.0243. The highest BCUT2D eigenvalue weighted by atomic mass is 79.9. The van der Waals surface area contributed by atoms with Crippen LogP contribution in [0, 0.1) is 23.7 Å². The van der Waals surface area contributed by atoms with Crippen LogP contribution in [-0.2, 0) is 60.6 Å². The van der Waals surface area contributed by atoms with Crippen molar-refractivity contribution in [3.05, 3.63) is 74.8 Å². The number of carbonyl (C=O) groups is 8. The maximum absolute atomic E-state index is 14.5. The number of likely N-dealkylation sites (tertiary alicyclic amines) is 1. The molecule has 4 bridgehead atoms. The van der Waals surface area contributed by atoms with Crippen molar-refractivity contribution in [2.75, 3.05) is 44.6 Å². The molecule has 454 valence electrons. The van der Waals surface area contributed by atoms with Crippen LogP contribution in [0.15, 0.2) is 58.6 Å². The summed E-state index contributed by atoms with van der Waals surface area (Å²) in [6, 6.07) is 6.69. The Morgan fingerprint density at radius 2 is 1.76 bits per heavy atom. The molecule has 23 heteroatoms. The number of anilines is 2. The van der Waals surface area contributed by atoms with Crippen molar-refractivity contribution in [3.63, 3.8) is 0 Å². The third-order valence-corrected chi connectivity index (χ3v) is 17.7. The molecule has 0 aromatic heterocycles. The van der Waals surface area contributed by atoms with Crippen LogP contribution in [0.5, 0.6) is 5.75 Å². The van der Waals surface area contributed by atoms with Crippen LogP contribution in [0.1, 0.15) is 123 Å². The molecule has 6 N–H and O–H groups in total. The minimum absolute atomic E-state index is 0.00639. The zero-order valence-electron chi connectivity index (χ0n) is 48.8. The van der Waals surface area contributed by atoms with Gasteiger partial charge in [-0.25, -0.2) is 9.59 Å². The van der Waals surface area contributed by atoms with E-state index < -0.39 is 77.5 Å². The van der Waals surface area contributed by atoms with Crippen LogP contribution < -0.4 is 31.3 Å². The first-order chi connectivity index (χ1) is 39.2. The Morgan fingerprint density at radius 3 is 2.41 bits per heavy atom. The van der Waals surface area contributed by atoms with E-state index in [0.29, 0.717) is 65.0 Å². The molecule has 83 heavy (non-hydrogen) atoms. The summed E-state index contributed by atoms with van der Waals surface area (Å²) in [5, 5.41) is 20.4. The molecule has 3 saturated heterocycles. The average Bonchev–Trinajstić information content (AvgIpc) is 4.10. The van der Waals surface area contributed by atoms with Crippen molar-refractivity contribution in [3.8, 4) is 5.75 Å². The van der Waals surface area contributed by atoms with Crippen LogP contribution in [0.4, 0.5) is 21.0 Å². The second-order valence-electron chi connectivity index (χ2n) is 23.0. The molecular weight excluding hydrogens is 1180 g/mol. The third-order valence-electron chi connectivity index (χ3n) is 16.2. The first kappa shape index (κ1) is 66.4. The normalized spacial score (nSPS) is 26.4. The molecule has 0 spiro atoms. The summed E-state index contributed by atoms with van der Waals surface area (Å²) in [5.41, 5.74) is 5.21. The predicted octanol–water partition coefficient (Wildman–Crippen LogP) is 8.42. The zero-order valence-corrected chi connectivity index (χ0v) is 52.0. The number of nitrogens with two attached hydrogens (primary N) is 1. The smallest absolute Gasteiger partial charge is 0.412 e. The van der Waals surface area contributed by atoms with Crippen LogP contribution in [-0.4, -0.2) is 138 Å². The second kappa shape index (κ2) is 29.3. The van der Waals surface area contributed by atoms with E-state index in [1.54, 1.807) is 70.3 Å². The molecule has 20 nitrogen and oxygen atoms in total. The Balaban J connectivity index is 1.16. The van der Waals surface area contributed by atoms with E-state index >= 15 is 0 Å². The van der Waals surface area contributed by atoms with Gasteiger partial charge in [-0.15, -0.1) is 0 Å². The van der Waals surface area contributed by atoms with Gasteiger partial charge in [-0.3, -0.25) is 39.0 Å². The number of methoxy groups -OCH3 is 2. The number of thiocarbonyl (C=S) groups is 1. The molecule has 2 aromatic rings. The SMILES string of the molecule is COc1cc2cc(c1Cl)N(C)C(=O)C[C@H](OC(=O)Nc1ccc(CC(=O)[C@H](CCCNC(N)=O)NC(=O)[C@@H](CC(=S)CCCCCN3C(=O)CC(C)C3=O)C(C)C)c(Br)c1)[C@]1(C)O[C@H]1[C@H](C)[C@@H]1C[C@@](O)(CC(=O)O1)[C@H](OC)/C=C/C=C(\C)C2. The van der Waals surface area contributed by atoms with E-state index in [1.165, 1.54) is 24.0 Å². The first-order valence-corrected chi connectivity index (χ1v) is 29.8. The number of unbranched alkanes of at least 4 members (excludes halogenated alkanes) is 2. The van der Waals surface area contributed by atoms with Gasteiger partial charge in [0.25, 0.3) is 0 Å². The Kier molecular flexibility index (Phi) is 23.5. The molecular formula is C60H80BrClN6O14S. The van der Waals surface area contributed by atoms with E-state index in [9.17, 15) is 43.5 Å². The standard InChI is InChI=1S/C60H80BrClN6O14S/c1-33(2)41(29-40(83)16-11-10-12-22-68-51(71)24-35(4)56(68)74)55(73)66-43(17-14-21-64-57(63)75)45(69)27-38-19-20-39(28-42(38)61)65-58(76)81-49-30-50(70)67(7)44-25-37(26-46(78-8)53(44)62)23-34(3)15-13-18-48(79-9)60(77)31-47(80-52(72)32-60)36(5)54-59(49,6)82-54/h13,15,18-20,25-26,28,33,35-36,41,43,47-49,54,77H,10-12,14,16-17,21-24,27,29-32H2,1-9H3,(H,65,76)(H,66,73)(H3,63,64,75)/b18-13+,34-15+/t35?,36-,41+,43+,47+,48-,49+,54+,59+,60-/m1/s1. The van der Waals surface area contributed by atoms with Gasteiger partial charge in [-0.1, -0.05) is 104 Å². The number of rotatable bonds is 22. The fraction of sp³-hybridized carbons (Fsp3) is 0.583. The lowest BCUT2D eigenvalue weighted by Gasteiger charge is -2.41.